The number of carbonyl (C=O) groups excluding carboxylic acids is 2. The molecule has 1 heterocycles. The summed E-state index contributed by atoms with van der Waals surface area (Å²) in [6.07, 6.45) is 6.41. The third-order valence-corrected chi connectivity index (χ3v) is 4.93. The summed E-state index contributed by atoms with van der Waals surface area (Å²) in [4.78, 5) is 27.9. The molecule has 1 aromatic heterocycles. The van der Waals surface area contributed by atoms with Crippen molar-refractivity contribution in [1.29, 1.82) is 0 Å². The third-order valence-electron chi connectivity index (χ3n) is 3.50. The first-order chi connectivity index (χ1) is 11.1. The molecule has 0 radical (unpaired) electrons. The maximum absolute atomic E-state index is 11.9. The van der Waals surface area contributed by atoms with Crippen molar-refractivity contribution in [1.82, 2.24) is 4.98 Å². The number of aromatic nitrogens is 1. The molecule has 7 heteroatoms. The second kappa shape index (κ2) is 7.23. The Morgan fingerprint density at radius 2 is 2.30 bits per heavy atom. The number of carbonyl (C=O) groups is 2. The number of halogens is 1. The van der Waals surface area contributed by atoms with E-state index < -0.39 is 0 Å². The molecule has 23 heavy (non-hydrogen) atoms. The number of fused-ring (bicyclic) bond motifs is 1. The van der Waals surface area contributed by atoms with Gasteiger partial charge in [0.2, 0.25) is 0 Å². The largest absolute Gasteiger partial charge is 0.456 e. The fourth-order valence-corrected chi connectivity index (χ4v) is 3.83. The zero-order valence-corrected chi connectivity index (χ0v) is 14.7. The number of amides is 1. The topological polar surface area (TPSA) is 68.3 Å². The van der Waals surface area contributed by atoms with Crippen molar-refractivity contribution >= 4 is 54.5 Å². The number of esters is 1. The van der Waals surface area contributed by atoms with Crippen LogP contribution in [0.1, 0.15) is 19.3 Å². The van der Waals surface area contributed by atoms with Crippen molar-refractivity contribution in [2.24, 2.45) is 5.92 Å². The lowest BCUT2D eigenvalue weighted by Crippen LogP contribution is -2.21. The molecule has 0 bridgehead atoms. The molecule has 1 amide bonds. The maximum Gasteiger partial charge on any atom is 0.306 e. The van der Waals surface area contributed by atoms with Crippen LogP contribution < -0.4 is 5.32 Å². The first kappa shape index (κ1) is 16.1. The zero-order chi connectivity index (χ0) is 16.2. The molecule has 0 unspecified atom stereocenters. The minimum atomic E-state index is -0.376. The first-order valence-corrected chi connectivity index (χ1v) is 8.89. The van der Waals surface area contributed by atoms with Gasteiger partial charge in [0.1, 0.15) is 0 Å². The average Bonchev–Trinajstić information content (AvgIpc) is 3.13. The molecule has 3 rings (SSSR count). The lowest BCUT2D eigenvalue weighted by atomic mass is 10.1. The molecule has 2 aromatic rings. The summed E-state index contributed by atoms with van der Waals surface area (Å²) in [5, 5.41) is 3.16. The van der Waals surface area contributed by atoms with Crippen LogP contribution in [0, 0.1) is 5.92 Å². The van der Waals surface area contributed by atoms with Gasteiger partial charge < -0.3 is 4.74 Å². The maximum atomic E-state index is 11.9. The lowest BCUT2D eigenvalue weighted by Gasteiger charge is -2.07. The Kier molecular flexibility index (Phi) is 5.07. The third kappa shape index (κ3) is 4.39. The number of rotatable bonds is 5. The van der Waals surface area contributed by atoms with Crippen LogP contribution in [-0.4, -0.2) is 23.5 Å². The summed E-state index contributed by atoms with van der Waals surface area (Å²) >= 11 is 4.78. The fourth-order valence-electron chi connectivity index (χ4n) is 2.39. The van der Waals surface area contributed by atoms with Crippen molar-refractivity contribution < 1.29 is 14.3 Å². The molecule has 0 fully saturated rings. The summed E-state index contributed by atoms with van der Waals surface area (Å²) in [5.41, 5.74) is 0.818. The summed E-state index contributed by atoms with van der Waals surface area (Å²) in [6, 6.07) is 5.71. The minimum Gasteiger partial charge on any atom is -0.456 e. The number of thiazole rings is 1. The summed E-state index contributed by atoms with van der Waals surface area (Å²) in [6.45, 7) is -0.283. The monoisotopic (exact) mass is 394 g/mol. The van der Waals surface area contributed by atoms with E-state index in [0.29, 0.717) is 11.6 Å². The van der Waals surface area contributed by atoms with Crippen molar-refractivity contribution in [3.05, 3.63) is 34.8 Å². The summed E-state index contributed by atoms with van der Waals surface area (Å²) < 4.78 is 6.95. The number of hydrogen-bond acceptors (Lipinski definition) is 5. The van der Waals surface area contributed by atoms with E-state index in [1.807, 2.05) is 24.3 Å². The smallest absolute Gasteiger partial charge is 0.306 e. The molecule has 120 valence electrons. The number of hydrogen-bond donors (Lipinski definition) is 1. The van der Waals surface area contributed by atoms with Gasteiger partial charge in [-0.15, -0.1) is 0 Å². The number of anilines is 1. The van der Waals surface area contributed by atoms with Crippen LogP contribution in [0.5, 0.6) is 0 Å². The van der Waals surface area contributed by atoms with Gasteiger partial charge in [-0.2, -0.15) is 0 Å². The highest BCUT2D eigenvalue weighted by atomic mass is 79.9. The second-order valence-corrected chi connectivity index (χ2v) is 7.26. The van der Waals surface area contributed by atoms with Crippen molar-refractivity contribution in [2.45, 2.75) is 19.3 Å². The minimum absolute atomic E-state index is 0.244. The highest BCUT2D eigenvalue weighted by molar-refractivity contribution is 9.10. The van der Waals surface area contributed by atoms with Crippen LogP contribution >= 0.6 is 27.3 Å². The van der Waals surface area contributed by atoms with Gasteiger partial charge in [-0.05, 0) is 37.0 Å². The lowest BCUT2D eigenvalue weighted by molar-refractivity contribution is -0.147. The van der Waals surface area contributed by atoms with E-state index in [1.165, 1.54) is 11.3 Å². The van der Waals surface area contributed by atoms with E-state index in [4.69, 9.17) is 4.74 Å². The number of nitrogens with one attached hydrogen (secondary N) is 1. The molecule has 1 aliphatic carbocycles. The molecule has 1 aromatic carbocycles. The number of allylic oxidation sites excluding steroid dienone is 2. The molecule has 0 saturated heterocycles. The van der Waals surface area contributed by atoms with Gasteiger partial charge in [-0.3, -0.25) is 14.9 Å². The first-order valence-electron chi connectivity index (χ1n) is 7.28. The Bertz CT molecular complexity index is 772. The van der Waals surface area contributed by atoms with E-state index in [0.717, 1.165) is 27.5 Å². The van der Waals surface area contributed by atoms with Gasteiger partial charge in [-0.25, -0.2) is 4.98 Å². The van der Waals surface area contributed by atoms with E-state index in [9.17, 15) is 9.59 Å². The number of benzene rings is 1. The van der Waals surface area contributed by atoms with E-state index >= 15 is 0 Å². The van der Waals surface area contributed by atoms with Crippen LogP contribution in [0.2, 0.25) is 0 Å². The standard InChI is InChI=1S/C16H15BrN2O3S/c17-11-5-6-12-13(8-11)23-16(18-12)19-14(20)9-22-15(21)7-10-3-1-2-4-10/h1,3,5-6,8,10H,2,4,7,9H2,(H,18,19,20)/t10-/m1/s1. The van der Waals surface area contributed by atoms with E-state index in [1.54, 1.807) is 0 Å². The van der Waals surface area contributed by atoms with Gasteiger partial charge in [0, 0.05) is 4.47 Å². The van der Waals surface area contributed by atoms with E-state index in [-0.39, 0.29) is 24.4 Å². The highest BCUT2D eigenvalue weighted by Crippen LogP contribution is 2.28. The van der Waals surface area contributed by atoms with Gasteiger partial charge in [0.05, 0.1) is 16.6 Å². The Hall–Kier alpha value is -1.73. The van der Waals surface area contributed by atoms with Crippen molar-refractivity contribution in [2.75, 3.05) is 11.9 Å². The second-order valence-electron chi connectivity index (χ2n) is 5.31. The number of nitrogens with zero attached hydrogens (tertiary/aromatic N) is 1. The van der Waals surface area contributed by atoms with Crippen LogP contribution in [0.25, 0.3) is 10.2 Å². The highest BCUT2D eigenvalue weighted by Gasteiger charge is 2.16. The Balaban J connectivity index is 1.49. The van der Waals surface area contributed by atoms with Crippen LogP contribution in [0.4, 0.5) is 5.13 Å². The Labute approximate surface area is 145 Å². The normalized spacial score (nSPS) is 16.7. The van der Waals surface area contributed by atoms with E-state index in [2.05, 4.69) is 32.3 Å². The Morgan fingerprint density at radius 1 is 1.43 bits per heavy atom. The molecule has 0 saturated carbocycles. The summed E-state index contributed by atoms with van der Waals surface area (Å²) in [5.74, 6) is -0.475. The number of ether oxygens (including phenoxy) is 1. The van der Waals surface area contributed by atoms with Crippen LogP contribution in [0.3, 0.4) is 0 Å². The molecule has 5 nitrogen and oxygen atoms in total. The van der Waals surface area contributed by atoms with Crippen molar-refractivity contribution in [3.63, 3.8) is 0 Å². The van der Waals surface area contributed by atoms with Gasteiger partial charge >= 0.3 is 5.97 Å². The SMILES string of the molecule is O=C(COC(=O)C[C@@H]1C=CCC1)Nc1nc2ccc(Br)cc2s1. The predicted molar refractivity (Wildman–Crippen MR) is 93.4 cm³/mol. The van der Waals surface area contributed by atoms with Crippen LogP contribution in [0.15, 0.2) is 34.8 Å². The van der Waals surface area contributed by atoms with Gasteiger partial charge in [-0.1, -0.05) is 39.4 Å². The molecule has 1 atom stereocenters. The van der Waals surface area contributed by atoms with Gasteiger partial charge in [0.25, 0.3) is 5.91 Å². The Morgan fingerprint density at radius 3 is 3.09 bits per heavy atom. The summed E-state index contributed by atoms with van der Waals surface area (Å²) in [7, 11) is 0. The molecule has 0 spiro atoms. The molecular weight excluding hydrogens is 380 g/mol. The zero-order valence-electron chi connectivity index (χ0n) is 12.3. The van der Waals surface area contributed by atoms with Crippen molar-refractivity contribution in [3.8, 4) is 0 Å². The van der Waals surface area contributed by atoms with Gasteiger partial charge in [0.15, 0.2) is 11.7 Å². The molecule has 0 aliphatic heterocycles. The quantitative estimate of drug-likeness (QED) is 0.616. The fraction of sp³-hybridized carbons (Fsp3) is 0.312. The molecular formula is C16H15BrN2O3S. The van der Waals surface area contributed by atoms with Crippen LogP contribution in [-0.2, 0) is 14.3 Å². The molecule has 1 aliphatic rings. The molecule has 1 N–H and O–H groups in total. The average molecular weight is 395 g/mol. The predicted octanol–water partition coefficient (Wildman–Crippen LogP) is 3.90.